The van der Waals surface area contributed by atoms with Gasteiger partial charge in [-0.25, -0.2) is 4.79 Å². The molecule has 0 saturated heterocycles. The number of ether oxygens (including phenoxy) is 1. The summed E-state index contributed by atoms with van der Waals surface area (Å²) in [6.07, 6.45) is -12.9. The number of alkyl halides is 6. The number of aliphatic hydroxyl groups is 1. The van der Waals surface area contributed by atoms with Crippen molar-refractivity contribution in [3.63, 3.8) is 0 Å². The highest BCUT2D eigenvalue weighted by molar-refractivity contribution is 5.90. The number of rotatable bonds is 4. The molecule has 1 unspecified atom stereocenters. The van der Waals surface area contributed by atoms with E-state index in [0.717, 1.165) is 18.2 Å². The van der Waals surface area contributed by atoms with Crippen molar-refractivity contribution >= 4 is 11.7 Å². The standard InChI is InChI=1S/C11H10F6N2O3/c12-10(13,14)8(20)5-19(9(18)21)6-2-1-3-7(4-6)22-11(15,16)17/h1-4,8,20H,5H2,(H2,18,21). The minimum Gasteiger partial charge on any atom is -0.406 e. The van der Waals surface area contributed by atoms with Crippen molar-refractivity contribution in [2.24, 2.45) is 5.73 Å². The number of amides is 2. The molecule has 0 radical (unpaired) electrons. The predicted molar refractivity (Wildman–Crippen MR) is 62.1 cm³/mol. The molecule has 0 aliphatic rings. The Balaban J connectivity index is 3.02. The lowest BCUT2D eigenvalue weighted by atomic mass is 10.2. The largest absolute Gasteiger partial charge is 0.573 e. The van der Waals surface area contributed by atoms with E-state index < -0.39 is 42.7 Å². The Morgan fingerprint density at radius 3 is 2.32 bits per heavy atom. The number of nitrogens with two attached hydrogens (primary N) is 1. The monoisotopic (exact) mass is 332 g/mol. The van der Waals surface area contributed by atoms with E-state index in [0.29, 0.717) is 6.07 Å². The highest BCUT2D eigenvalue weighted by Crippen LogP contribution is 2.28. The second kappa shape index (κ2) is 6.30. The summed E-state index contributed by atoms with van der Waals surface area (Å²) in [5, 5.41) is 8.94. The molecule has 124 valence electrons. The maximum Gasteiger partial charge on any atom is 0.573 e. The van der Waals surface area contributed by atoms with E-state index in [1.54, 1.807) is 0 Å². The number of primary amides is 1. The molecule has 1 aromatic rings. The Morgan fingerprint density at radius 1 is 1.27 bits per heavy atom. The number of hydrogen-bond acceptors (Lipinski definition) is 3. The van der Waals surface area contributed by atoms with Crippen LogP contribution >= 0.6 is 0 Å². The second-order valence-electron chi connectivity index (χ2n) is 4.05. The SMILES string of the molecule is NC(=O)N(CC(O)C(F)(F)F)c1cccc(OC(F)(F)F)c1. The first kappa shape index (κ1) is 17.9. The fourth-order valence-electron chi connectivity index (χ4n) is 1.45. The van der Waals surface area contributed by atoms with Crippen LogP contribution in [0.3, 0.4) is 0 Å². The highest BCUT2D eigenvalue weighted by Gasteiger charge is 2.40. The topological polar surface area (TPSA) is 75.8 Å². The van der Waals surface area contributed by atoms with Crippen LogP contribution in [0.15, 0.2) is 24.3 Å². The molecule has 1 aromatic carbocycles. The van der Waals surface area contributed by atoms with Crippen molar-refractivity contribution in [1.82, 2.24) is 0 Å². The first-order chi connectivity index (χ1) is 9.90. The number of carbonyl (C=O) groups excluding carboxylic acids is 1. The lowest BCUT2D eigenvalue weighted by Crippen LogP contribution is -2.46. The molecule has 2 amide bonds. The Labute approximate surface area is 119 Å². The third-order valence-corrected chi connectivity index (χ3v) is 2.36. The van der Waals surface area contributed by atoms with Gasteiger partial charge in [0.2, 0.25) is 0 Å². The second-order valence-corrected chi connectivity index (χ2v) is 4.05. The molecule has 0 aliphatic heterocycles. The van der Waals surface area contributed by atoms with Gasteiger partial charge >= 0.3 is 18.6 Å². The smallest absolute Gasteiger partial charge is 0.406 e. The van der Waals surface area contributed by atoms with Crippen molar-refractivity contribution < 1.29 is 41.0 Å². The number of aliphatic hydroxyl groups excluding tert-OH is 1. The summed E-state index contributed by atoms with van der Waals surface area (Å²) in [4.78, 5) is 11.4. The van der Waals surface area contributed by atoms with Crippen molar-refractivity contribution in [2.75, 3.05) is 11.4 Å². The maximum atomic E-state index is 12.3. The molecule has 11 heteroatoms. The minimum atomic E-state index is -5.02. The number of urea groups is 1. The van der Waals surface area contributed by atoms with Crippen molar-refractivity contribution in [3.8, 4) is 5.75 Å². The van der Waals surface area contributed by atoms with Gasteiger partial charge in [-0.1, -0.05) is 6.07 Å². The summed E-state index contributed by atoms with van der Waals surface area (Å²) < 4.78 is 76.7. The Morgan fingerprint density at radius 2 is 1.86 bits per heavy atom. The van der Waals surface area contributed by atoms with Crippen LogP contribution in [0, 0.1) is 0 Å². The van der Waals surface area contributed by atoms with Crippen LogP contribution in [-0.2, 0) is 0 Å². The Kier molecular flexibility index (Phi) is 5.12. The summed E-state index contributed by atoms with van der Waals surface area (Å²) in [5.74, 6) is -0.752. The van der Waals surface area contributed by atoms with Crippen LogP contribution in [0.25, 0.3) is 0 Å². The maximum absolute atomic E-state index is 12.3. The lowest BCUT2D eigenvalue weighted by Gasteiger charge is -2.25. The van der Waals surface area contributed by atoms with Gasteiger partial charge in [0, 0.05) is 11.8 Å². The zero-order valence-corrected chi connectivity index (χ0v) is 10.6. The van der Waals surface area contributed by atoms with Crippen molar-refractivity contribution in [2.45, 2.75) is 18.6 Å². The molecule has 1 rings (SSSR count). The number of hydrogen-bond donors (Lipinski definition) is 2. The Bertz CT molecular complexity index is 531. The highest BCUT2D eigenvalue weighted by atomic mass is 19.4. The van der Waals surface area contributed by atoms with Gasteiger partial charge in [-0.2, -0.15) is 13.2 Å². The summed E-state index contributed by atoms with van der Waals surface area (Å²) >= 11 is 0. The first-order valence-electron chi connectivity index (χ1n) is 5.57. The molecule has 0 saturated carbocycles. The van der Waals surface area contributed by atoms with E-state index >= 15 is 0 Å². The summed E-state index contributed by atoms with van der Waals surface area (Å²) in [7, 11) is 0. The number of nitrogens with zero attached hydrogens (tertiary/aromatic N) is 1. The third-order valence-electron chi connectivity index (χ3n) is 2.36. The number of carbonyl (C=O) groups is 1. The lowest BCUT2D eigenvalue weighted by molar-refractivity contribution is -0.274. The molecule has 3 N–H and O–H groups in total. The van der Waals surface area contributed by atoms with Crippen molar-refractivity contribution in [1.29, 1.82) is 0 Å². The van der Waals surface area contributed by atoms with Gasteiger partial charge in [-0.3, -0.25) is 4.90 Å². The zero-order valence-electron chi connectivity index (χ0n) is 10.6. The van der Waals surface area contributed by atoms with Gasteiger partial charge in [0.25, 0.3) is 0 Å². The molecule has 1 atom stereocenters. The zero-order chi connectivity index (χ0) is 17.1. The van der Waals surface area contributed by atoms with E-state index in [-0.39, 0.29) is 4.90 Å². The first-order valence-corrected chi connectivity index (χ1v) is 5.57. The predicted octanol–water partition coefficient (Wildman–Crippen LogP) is 2.39. The summed E-state index contributed by atoms with van der Waals surface area (Å²) in [5.41, 5.74) is 4.49. The van der Waals surface area contributed by atoms with Crippen molar-refractivity contribution in [3.05, 3.63) is 24.3 Å². The minimum absolute atomic E-state index is 0.279. The van der Waals surface area contributed by atoms with E-state index in [1.807, 2.05) is 0 Å². The molecule has 0 aliphatic carbocycles. The van der Waals surface area contributed by atoms with Gasteiger partial charge in [0.15, 0.2) is 6.10 Å². The number of benzene rings is 1. The quantitative estimate of drug-likeness (QED) is 0.832. The van der Waals surface area contributed by atoms with E-state index in [1.165, 1.54) is 0 Å². The molecule has 0 aromatic heterocycles. The molecule has 22 heavy (non-hydrogen) atoms. The summed E-state index contributed by atoms with van der Waals surface area (Å²) in [6, 6.07) is 2.23. The van der Waals surface area contributed by atoms with Gasteiger partial charge < -0.3 is 15.6 Å². The van der Waals surface area contributed by atoms with Crippen LogP contribution in [0.2, 0.25) is 0 Å². The molecular formula is C11H10F6N2O3. The molecule has 0 fully saturated rings. The molecule has 0 heterocycles. The fourth-order valence-corrected chi connectivity index (χ4v) is 1.45. The molecular weight excluding hydrogens is 322 g/mol. The molecule has 0 bridgehead atoms. The van der Waals surface area contributed by atoms with Gasteiger partial charge in [-0.15, -0.1) is 13.2 Å². The van der Waals surface area contributed by atoms with Gasteiger partial charge in [0.1, 0.15) is 5.75 Å². The molecule has 5 nitrogen and oxygen atoms in total. The van der Waals surface area contributed by atoms with Gasteiger partial charge in [0.05, 0.1) is 6.54 Å². The van der Waals surface area contributed by atoms with Crippen LogP contribution in [-0.4, -0.2) is 36.3 Å². The number of anilines is 1. The van der Waals surface area contributed by atoms with Crippen LogP contribution in [0.4, 0.5) is 36.8 Å². The van der Waals surface area contributed by atoms with Crippen LogP contribution in [0.1, 0.15) is 0 Å². The summed E-state index contributed by atoms with van der Waals surface area (Å²) in [6.45, 7) is -1.27. The average molecular weight is 332 g/mol. The fraction of sp³-hybridized carbons (Fsp3) is 0.364. The third kappa shape index (κ3) is 5.31. The van der Waals surface area contributed by atoms with E-state index in [2.05, 4.69) is 4.74 Å². The van der Waals surface area contributed by atoms with E-state index in [9.17, 15) is 31.1 Å². The Hall–Kier alpha value is -2.17. The van der Waals surface area contributed by atoms with Crippen LogP contribution in [0.5, 0.6) is 5.75 Å². The van der Waals surface area contributed by atoms with Gasteiger partial charge in [-0.05, 0) is 12.1 Å². The average Bonchev–Trinajstić information content (AvgIpc) is 2.32. The number of halogens is 6. The molecule has 0 spiro atoms. The van der Waals surface area contributed by atoms with Crippen LogP contribution < -0.4 is 15.4 Å². The normalized spacial score (nSPS) is 13.6. The van der Waals surface area contributed by atoms with E-state index in [4.69, 9.17) is 10.8 Å².